The lowest BCUT2D eigenvalue weighted by Gasteiger charge is -2.08. The summed E-state index contributed by atoms with van der Waals surface area (Å²) < 4.78 is 5.46. The second kappa shape index (κ2) is 6.32. The lowest BCUT2D eigenvalue weighted by Crippen LogP contribution is -2.12. The van der Waals surface area contributed by atoms with E-state index in [9.17, 15) is 4.79 Å². The number of anilines is 1. The molecule has 1 heterocycles. The number of rotatable bonds is 3. The zero-order valence-corrected chi connectivity index (χ0v) is 14.3. The number of aromatic nitrogens is 1. The number of carbonyl (C=O) groups is 1. The molecule has 2 aromatic carbocycles. The Morgan fingerprint density at radius 2 is 1.67 bits per heavy atom. The van der Waals surface area contributed by atoms with Gasteiger partial charge in [0, 0.05) is 23.7 Å². The number of hydrogen-bond donors (Lipinski definition) is 1. The second-order valence-electron chi connectivity index (χ2n) is 5.97. The molecule has 4 heteroatoms. The molecule has 1 N–H and O–H groups in total. The lowest BCUT2D eigenvalue weighted by molar-refractivity contribution is 0.102. The van der Waals surface area contributed by atoms with Crippen LogP contribution in [0.2, 0.25) is 0 Å². The molecule has 0 aliphatic heterocycles. The number of aryl methyl sites for hydroxylation is 4. The van der Waals surface area contributed by atoms with Gasteiger partial charge in [-0.3, -0.25) is 4.79 Å². The molecule has 122 valence electrons. The van der Waals surface area contributed by atoms with Gasteiger partial charge in [-0.25, -0.2) is 4.98 Å². The van der Waals surface area contributed by atoms with Crippen LogP contribution in [-0.4, -0.2) is 10.9 Å². The van der Waals surface area contributed by atoms with E-state index >= 15 is 0 Å². The molecule has 1 amide bonds. The van der Waals surface area contributed by atoms with E-state index in [1.54, 1.807) is 0 Å². The van der Waals surface area contributed by atoms with Crippen molar-refractivity contribution in [3.63, 3.8) is 0 Å². The number of nitrogens with one attached hydrogen (secondary N) is 1. The van der Waals surface area contributed by atoms with E-state index in [-0.39, 0.29) is 5.91 Å². The first kappa shape index (κ1) is 16.0. The van der Waals surface area contributed by atoms with Gasteiger partial charge in [-0.2, -0.15) is 0 Å². The summed E-state index contributed by atoms with van der Waals surface area (Å²) in [5.74, 6) is 1.33. The number of benzene rings is 2. The maximum absolute atomic E-state index is 12.4. The predicted octanol–water partition coefficient (Wildman–Crippen LogP) is 4.83. The Kier molecular flexibility index (Phi) is 4.21. The van der Waals surface area contributed by atoms with Crippen LogP contribution in [0.25, 0.3) is 11.3 Å². The van der Waals surface area contributed by atoms with E-state index in [0.717, 1.165) is 28.3 Å². The summed E-state index contributed by atoms with van der Waals surface area (Å²) in [6.07, 6.45) is 0. The topological polar surface area (TPSA) is 55.1 Å². The Balaban J connectivity index is 1.77. The van der Waals surface area contributed by atoms with Crippen LogP contribution in [0.5, 0.6) is 0 Å². The average molecular weight is 320 g/mol. The van der Waals surface area contributed by atoms with Crippen LogP contribution in [0.1, 0.15) is 33.1 Å². The van der Waals surface area contributed by atoms with Crippen LogP contribution in [0.4, 0.5) is 5.69 Å². The van der Waals surface area contributed by atoms with Crippen molar-refractivity contribution >= 4 is 11.6 Å². The normalized spacial score (nSPS) is 10.7. The molecule has 0 aliphatic carbocycles. The van der Waals surface area contributed by atoms with Gasteiger partial charge < -0.3 is 9.73 Å². The van der Waals surface area contributed by atoms with Gasteiger partial charge in [0.1, 0.15) is 11.5 Å². The summed E-state index contributed by atoms with van der Waals surface area (Å²) >= 11 is 0. The summed E-state index contributed by atoms with van der Waals surface area (Å²) in [5.41, 5.74) is 5.49. The highest BCUT2D eigenvalue weighted by Gasteiger charge is 2.10. The zero-order valence-electron chi connectivity index (χ0n) is 14.3. The van der Waals surface area contributed by atoms with Crippen molar-refractivity contribution in [3.8, 4) is 11.3 Å². The third-order valence-electron chi connectivity index (χ3n) is 4.09. The molecular formula is C20H20N2O2. The van der Waals surface area contributed by atoms with Crippen molar-refractivity contribution in [1.82, 2.24) is 4.98 Å². The highest BCUT2D eigenvalue weighted by atomic mass is 16.4. The van der Waals surface area contributed by atoms with Crippen LogP contribution in [-0.2, 0) is 0 Å². The largest absolute Gasteiger partial charge is 0.446 e. The Bertz CT molecular complexity index is 893. The molecule has 3 aromatic rings. The van der Waals surface area contributed by atoms with Crippen LogP contribution in [0.3, 0.4) is 0 Å². The molecule has 0 fully saturated rings. The summed E-state index contributed by atoms with van der Waals surface area (Å²) in [7, 11) is 0. The summed E-state index contributed by atoms with van der Waals surface area (Å²) in [5, 5.41) is 2.92. The summed E-state index contributed by atoms with van der Waals surface area (Å²) in [4.78, 5) is 16.7. The van der Waals surface area contributed by atoms with Gasteiger partial charge in [-0.05, 0) is 56.2 Å². The number of hydrogen-bond acceptors (Lipinski definition) is 3. The fourth-order valence-electron chi connectivity index (χ4n) is 2.59. The van der Waals surface area contributed by atoms with Crippen molar-refractivity contribution in [2.45, 2.75) is 27.7 Å². The highest BCUT2D eigenvalue weighted by molar-refractivity contribution is 6.04. The number of nitrogens with zero attached hydrogens (tertiary/aromatic N) is 1. The van der Waals surface area contributed by atoms with Gasteiger partial charge in [0.15, 0.2) is 5.89 Å². The lowest BCUT2D eigenvalue weighted by atomic mass is 10.1. The van der Waals surface area contributed by atoms with E-state index in [4.69, 9.17) is 4.42 Å². The fourth-order valence-corrected chi connectivity index (χ4v) is 2.59. The molecular weight excluding hydrogens is 300 g/mol. The maximum Gasteiger partial charge on any atom is 0.255 e. The van der Waals surface area contributed by atoms with Gasteiger partial charge in [0.2, 0.25) is 0 Å². The quantitative estimate of drug-likeness (QED) is 0.752. The van der Waals surface area contributed by atoms with E-state index in [1.165, 1.54) is 5.56 Å². The number of amides is 1. The van der Waals surface area contributed by atoms with Crippen molar-refractivity contribution in [3.05, 3.63) is 70.8 Å². The van der Waals surface area contributed by atoms with Crippen LogP contribution >= 0.6 is 0 Å². The minimum absolute atomic E-state index is 0.112. The van der Waals surface area contributed by atoms with Crippen molar-refractivity contribution < 1.29 is 9.21 Å². The number of oxazole rings is 1. The van der Waals surface area contributed by atoms with E-state index < -0.39 is 0 Å². The molecule has 24 heavy (non-hydrogen) atoms. The molecule has 0 saturated heterocycles. The second-order valence-corrected chi connectivity index (χ2v) is 5.97. The number of carbonyl (C=O) groups excluding carboxylic acids is 1. The maximum atomic E-state index is 12.4. The molecule has 0 spiro atoms. The minimum Gasteiger partial charge on any atom is -0.446 e. The SMILES string of the molecule is Cc1nc(-c2ccc(NC(=O)c3ccc(C)c(C)c3)cc2)c(C)o1. The molecule has 3 rings (SSSR count). The molecule has 0 radical (unpaired) electrons. The van der Waals surface area contributed by atoms with Crippen LogP contribution < -0.4 is 5.32 Å². The first-order chi connectivity index (χ1) is 11.4. The molecule has 4 nitrogen and oxygen atoms in total. The zero-order chi connectivity index (χ0) is 17.3. The summed E-state index contributed by atoms with van der Waals surface area (Å²) in [6, 6.07) is 13.3. The molecule has 1 aromatic heterocycles. The van der Waals surface area contributed by atoms with Crippen molar-refractivity contribution in [2.75, 3.05) is 5.32 Å². The molecule has 0 atom stereocenters. The Morgan fingerprint density at radius 3 is 2.25 bits per heavy atom. The highest BCUT2D eigenvalue weighted by Crippen LogP contribution is 2.24. The van der Waals surface area contributed by atoms with Crippen LogP contribution in [0, 0.1) is 27.7 Å². The Morgan fingerprint density at radius 1 is 0.958 bits per heavy atom. The van der Waals surface area contributed by atoms with Gasteiger partial charge >= 0.3 is 0 Å². The average Bonchev–Trinajstić information content (AvgIpc) is 2.89. The third kappa shape index (κ3) is 3.23. The van der Waals surface area contributed by atoms with Gasteiger partial charge in [0.05, 0.1) is 0 Å². The first-order valence-corrected chi connectivity index (χ1v) is 7.87. The molecule has 0 saturated carbocycles. The van der Waals surface area contributed by atoms with Gasteiger partial charge in [-0.1, -0.05) is 18.2 Å². The smallest absolute Gasteiger partial charge is 0.255 e. The first-order valence-electron chi connectivity index (χ1n) is 7.87. The fraction of sp³-hybridized carbons (Fsp3) is 0.200. The summed E-state index contributed by atoms with van der Waals surface area (Å²) in [6.45, 7) is 7.76. The Labute approximate surface area is 141 Å². The monoisotopic (exact) mass is 320 g/mol. The van der Waals surface area contributed by atoms with Crippen molar-refractivity contribution in [2.24, 2.45) is 0 Å². The van der Waals surface area contributed by atoms with E-state index in [2.05, 4.69) is 10.3 Å². The molecule has 0 bridgehead atoms. The standard InChI is InChI=1S/C20H20N2O2/c1-12-5-6-17(11-13(12)2)20(23)22-18-9-7-16(8-10-18)19-14(3)24-15(4)21-19/h5-11H,1-4H3,(H,22,23). The predicted molar refractivity (Wildman–Crippen MR) is 95.3 cm³/mol. The Hall–Kier alpha value is -2.88. The van der Waals surface area contributed by atoms with Crippen molar-refractivity contribution in [1.29, 1.82) is 0 Å². The van der Waals surface area contributed by atoms with E-state index in [0.29, 0.717) is 11.5 Å². The molecule has 0 unspecified atom stereocenters. The van der Waals surface area contributed by atoms with Crippen LogP contribution in [0.15, 0.2) is 46.9 Å². The third-order valence-corrected chi connectivity index (χ3v) is 4.09. The molecule has 0 aliphatic rings. The van der Waals surface area contributed by atoms with E-state index in [1.807, 2.05) is 70.2 Å². The van der Waals surface area contributed by atoms with Gasteiger partial charge in [0.25, 0.3) is 5.91 Å². The van der Waals surface area contributed by atoms with Gasteiger partial charge in [-0.15, -0.1) is 0 Å². The minimum atomic E-state index is -0.112.